The van der Waals surface area contributed by atoms with Crippen molar-refractivity contribution in [3.63, 3.8) is 0 Å². The van der Waals surface area contributed by atoms with Crippen LogP contribution in [0.25, 0.3) is 6.08 Å². The van der Waals surface area contributed by atoms with E-state index in [4.69, 9.17) is 5.73 Å². The number of rotatable bonds is 4. The van der Waals surface area contributed by atoms with E-state index in [2.05, 4.69) is 10.3 Å². The number of hydrogen-bond donors (Lipinski definition) is 2. The average molecular weight is 225 g/mol. The first kappa shape index (κ1) is 11.7. The van der Waals surface area contributed by atoms with Crippen LogP contribution in [0.1, 0.15) is 23.9 Å². The zero-order valence-electron chi connectivity index (χ0n) is 8.91. The lowest BCUT2D eigenvalue weighted by Crippen LogP contribution is -2.20. The standard InChI is InChI=1S/C10H15N3OS/c1-7-9(15-10(11)13-7)5-3-4-6-12-8(2)14/h3,5H,4,6H2,1-2H3,(H2,11,13)(H,12,14). The van der Waals surface area contributed by atoms with Crippen molar-refractivity contribution in [3.8, 4) is 0 Å². The molecule has 0 radical (unpaired) electrons. The Bertz CT molecular complexity index is 371. The van der Waals surface area contributed by atoms with Crippen LogP contribution in [0.2, 0.25) is 0 Å². The molecule has 1 heterocycles. The van der Waals surface area contributed by atoms with Gasteiger partial charge in [-0.1, -0.05) is 17.4 Å². The number of nitrogens with one attached hydrogen (secondary N) is 1. The summed E-state index contributed by atoms with van der Waals surface area (Å²) >= 11 is 1.47. The van der Waals surface area contributed by atoms with E-state index in [9.17, 15) is 4.79 Å². The Kier molecular flexibility index (Phi) is 4.30. The number of carbonyl (C=O) groups is 1. The number of aromatic nitrogens is 1. The molecule has 1 aromatic rings. The van der Waals surface area contributed by atoms with E-state index < -0.39 is 0 Å². The van der Waals surface area contributed by atoms with Gasteiger partial charge >= 0.3 is 0 Å². The molecule has 0 aliphatic carbocycles. The van der Waals surface area contributed by atoms with Gasteiger partial charge in [0, 0.05) is 13.5 Å². The molecule has 82 valence electrons. The lowest BCUT2D eigenvalue weighted by molar-refractivity contribution is -0.118. The molecule has 1 amide bonds. The van der Waals surface area contributed by atoms with Crippen LogP contribution in [0.5, 0.6) is 0 Å². The Hall–Kier alpha value is -1.36. The van der Waals surface area contributed by atoms with Crippen LogP contribution < -0.4 is 11.1 Å². The molecule has 5 heteroatoms. The fraction of sp³-hybridized carbons (Fsp3) is 0.400. The molecular formula is C10H15N3OS. The van der Waals surface area contributed by atoms with E-state index in [1.165, 1.54) is 18.3 Å². The molecule has 0 saturated heterocycles. The summed E-state index contributed by atoms with van der Waals surface area (Å²) < 4.78 is 0. The highest BCUT2D eigenvalue weighted by molar-refractivity contribution is 7.16. The monoisotopic (exact) mass is 225 g/mol. The fourth-order valence-corrected chi connectivity index (χ4v) is 1.87. The van der Waals surface area contributed by atoms with Crippen LogP contribution in [0.3, 0.4) is 0 Å². The van der Waals surface area contributed by atoms with E-state index in [1.807, 2.05) is 19.1 Å². The first-order chi connectivity index (χ1) is 7.09. The number of carbonyl (C=O) groups excluding carboxylic acids is 1. The van der Waals surface area contributed by atoms with Crippen molar-refractivity contribution in [2.24, 2.45) is 0 Å². The van der Waals surface area contributed by atoms with Gasteiger partial charge in [-0.3, -0.25) is 4.79 Å². The second-order valence-corrected chi connectivity index (χ2v) is 4.24. The van der Waals surface area contributed by atoms with Gasteiger partial charge in [0.05, 0.1) is 10.6 Å². The lowest BCUT2D eigenvalue weighted by atomic mass is 10.3. The van der Waals surface area contributed by atoms with Crippen molar-refractivity contribution in [2.75, 3.05) is 12.3 Å². The molecule has 0 bridgehead atoms. The van der Waals surface area contributed by atoms with Crippen LogP contribution in [-0.2, 0) is 4.79 Å². The second kappa shape index (κ2) is 5.50. The number of nitrogens with zero attached hydrogens (tertiary/aromatic N) is 1. The highest BCUT2D eigenvalue weighted by Crippen LogP contribution is 2.20. The minimum atomic E-state index is 0.00150. The highest BCUT2D eigenvalue weighted by atomic mass is 32.1. The van der Waals surface area contributed by atoms with Crippen molar-refractivity contribution in [3.05, 3.63) is 16.6 Å². The number of nitrogens with two attached hydrogens (primary N) is 1. The molecule has 0 saturated carbocycles. The van der Waals surface area contributed by atoms with Gasteiger partial charge < -0.3 is 11.1 Å². The topological polar surface area (TPSA) is 68.0 Å². The fourth-order valence-electron chi connectivity index (χ4n) is 1.11. The van der Waals surface area contributed by atoms with Crippen LogP contribution in [0, 0.1) is 6.92 Å². The first-order valence-corrected chi connectivity index (χ1v) is 5.55. The van der Waals surface area contributed by atoms with Gasteiger partial charge in [0.15, 0.2) is 5.13 Å². The van der Waals surface area contributed by atoms with Gasteiger partial charge in [-0.25, -0.2) is 4.98 Å². The lowest BCUT2D eigenvalue weighted by Gasteiger charge is -1.96. The van der Waals surface area contributed by atoms with Gasteiger partial charge in [0.2, 0.25) is 5.91 Å². The van der Waals surface area contributed by atoms with Crippen molar-refractivity contribution >= 4 is 28.5 Å². The number of aryl methyl sites for hydroxylation is 1. The summed E-state index contributed by atoms with van der Waals surface area (Å²) in [6, 6.07) is 0. The largest absolute Gasteiger partial charge is 0.375 e. The predicted molar refractivity (Wildman–Crippen MR) is 63.6 cm³/mol. The van der Waals surface area contributed by atoms with Crippen molar-refractivity contribution < 1.29 is 4.79 Å². The molecule has 0 spiro atoms. The summed E-state index contributed by atoms with van der Waals surface area (Å²) in [6.45, 7) is 4.11. The molecule has 1 aromatic heterocycles. The molecule has 3 N–H and O–H groups in total. The zero-order chi connectivity index (χ0) is 11.3. The maximum Gasteiger partial charge on any atom is 0.216 e. The minimum absolute atomic E-state index is 0.00150. The number of thiazole rings is 1. The number of hydrogen-bond acceptors (Lipinski definition) is 4. The summed E-state index contributed by atoms with van der Waals surface area (Å²) in [5.41, 5.74) is 6.52. The Balaban J connectivity index is 2.38. The molecule has 0 atom stereocenters. The van der Waals surface area contributed by atoms with Gasteiger partial charge in [-0.15, -0.1) is 0 Å². The van der Waals surface area contributed by atoms with Crippen LogP contribution in [-0.4, -0.2) is 17.4 Å². The molecule has 0 unspecified atom stereocenters. The van der Waals surface area contributed by atoms with E-state index in [0.29, 0.717) is 11.7 Å². The molecule has 0 aliphatic heterocycles. The molecule has 4 nitrogen and oxygen atoms in total. The van der Waals surface area contributed by atoms with Crippen LogP contribution in [0.15, 0.2) is 6.08 Å². The third-order valence-electron chi connectivity index (χ3n) is 1.80. The minimum Gasteiger partial charge on any atom is -0.375 e. The van der Waals surface area contributed by atoms with E-state index in [-0.39, 0.29) is 5.91 Å². The van der Waals surface area contributed by atoms with E-state index in [1.54, 1.807) is 0 Å². The Morgan fingerprint density at radius 3 is 2.93 bits per heavy atom. The third kappa shape index (κ3) is 4.12. The summed E-state index contributed by atoms with van der Waals surface area (Å²) in [6.07, 6.45) is 4.82. The van der Waals surface area contributed by atoms with Gasteiger partial charge in [0.25, 0.3) is 0 Å². The van der Waals surface area contributed by atoms with Crippen molar-refractivity contribution in [2.45, 2.75) is 20.3 Å². The first-order valence-electron chi connectivity index (χ1n) is 4.73. The van der Waals surface area contributed by atoms with E-state index >= 15 is 0 Å². The SMILES string of the molecule is CC(=O)NCCC=Cc1sc(N)nc1C. The number of nitrogen functional groups attached to an aromatic ring is 1. The van der Waals surface area contributed by atoms with Gasteiger partial charge in [-0.2, -0.15) is 0 Å². The molecule has 0 aliphatic rings. The average Bonchev–Trinajstić information content (AvgIpc) is 2.44. The number of amides is 1. The summed E-state index contributed by atoms with van der Waals surface area (Å²) in [5, 5.41) is 3.32. The van der Waals surface area contributed by atoms with Crippen molar-refractivity contribution in [1.82, 2.24) is 10.3 Å². The summed E-state index contributed by atoms with van der Waals surface area (Å²) in [4.78, 5) is 15.8. The highest BCUT2D eigenvalue weighted by Gasteiger charge is 2.00. The Morgan fingerprint density at radius 1 is 1.67 bits per heavy atom. The molecule has 1 rings (SSSR count). The molecule has 15 heavy (non-hydrogen) atoms. The normalized spacial score (nSPS) is 10.8. The van der Waals surface area contributed by atoms with Gasteiger partial charge in [0.1, 0.15) is 0 Å². The maximum absolute atomic E-state index is 10.6. The quantitative estimate of drug-likeness (QED) is 0.764. The predicted octanol–water partition coefficient (Wildman–Crippen LogP) is 1.57. The zero-order valence-corrected chi connectivity index (χ0v) is 9.73. The smallest absolute Gasteiger partial charge is 0.216 e. The van der Waals surface area contributed by atoms with Gasteiger partial charge in [-0.05, 0) is 19.4 Å². The second-order valence-electron chi connectivity index (χ2n) is 3.18. The summed E-state index contributed by atoms with van der Waals surface area (Å²) in [5.74, 6) is 0.00150. The Morgan fingerprint density at radius 2 is 2.40 bits per heavy atom. The molecular weight excluding hydrogens is 210 g/mol. The summed E-state index contributed by atoms with van der Waals surface area (Å²) in [7, 11) is 0. The molecule has 0 aromatic carbocycles. The van der Waals surface area contributed by atoms with Crippen LogP contribution >= 0.6 is 11.3 Å². The number of anilines is 1. The third-order valence-corrected chi connectivity index (χ3v) is 2.76. The van der Waals surface area contributed by atoms with Crippen molar-refractivity contribution in [1.29, 1.82) is 0 Å². The van der Waals surface area contributed by atoms with Crippen LogP contribution in [0.4, 0.5) is 5.13 Å². The Labute approximate surface area is 93.2 Å². The molecule has 0 fully saturated rings. The van der Waals surface area contributed by atoms with E-state index in [0.717, 1.165) is 17.0 Å². The maximum atomic E-state index is 10.6.